The number of anilines is 1. The Morgan fingerprint density at radius 1 is 1.42 bits per heavy atom. The Balaban J connectivity index is 2.77. The number of carbonyl (C=O) groups is 1. The van der Waals surface area contributed by atoms with Crippen LogP contribution in [-0.2, 0) is 4.79 Å². The number of rotatable bonds is 3. The fourth-order valence-corrected chi connectivity index (χ4v) is 1.62. The van der Waals surface area contributed by atoms with Gasteiger partial charge in [0.25, 0.3) is 5.91 Å². The Labute approximate surface area is 117 Å². The van der Waals surface area contributed by atoms with Gasteiger partial charge in [0.05, 0.1) is 0 Å². The van der Waals surface area contributed by atoms with Crippen LogP contribution in [0.4, 0.5) is 5.69 Å². The van der Waals surface area contributed by atoms with Crippen molar-refractivity contribution in [2.45, 2.75) is 13.8 Å². The number of carbonyl (C=O) groups excluding carboxylic acids is 1. The maximum Gasteiger partial charge on any atom is 0.260 e. The van der Waals surface area contributed by atoms with Crippen LogP contribution in [0.1, 0.15) is 11.1 Å². The van der Waals surface area contributed by atoms with Gasteiger partial charge < -0.3 is 16.4 Å². The number of para-hydroxylation sites is 1. The standard InChI is InChI=1S/C13H14N4OS/c1-8-4-3-5-9(2)11(8)17-13(19)16-7-10(6-14)12(15)18/h3-5,7H,1-2H3,(H2,15,18)(H2,16,17,19)/b10-7+. The lowest BCUT2D eigenvalue weighted by Gasteiger charge is -2.13. The minimum atomic E-state index is -0.801. The van der Waals surface area contributed by atoms with E-state index in [1.54, 1.807) is 6.07 Å². The summed E-state index contributed by atoms with van der Waals surface area (Å²) in [6.07, 6.45) is 1.19. The van der Waals surface area contributed by atoms with E-state index in [4.69, 9.17) is 23.2 Å². The Kier molecular flexibility index (Phi) is 5.03. The van der Waals surface area contributed by atoms with Gasteiger partial charge in [0, 0.05) is 11.9 Å². The fraction of sp³-hybridized carbons (Fsp3) is 0.154. The average Bonchev–Trinajstić information content (AvgIpc) is 2.34. The summed E-state index contributed by atoms with van der Waals surface area (Å²) in [7, 11) is 0. The first-order valence-corrected chi connectivity index (χ1v) is 5.90. The van der Waals surface area contributed by atoms with Crippen LogP contribution in [0.15, 0.2) is 30.0 Å². The van der Waals surface area contributed by atoms with Gasteiger partial charge in [-0.25, -0.2) is 0 Å². The number of nitrogens with one attached hydrogen (secondary N) is 2. The summed E-state index contributed by atoms with van der Waals surface area (Å²) in [6, 6.07) is 7.54. The molecule has 0 aliphatic carbocycles. The highest BCUT2D eigenvalue weighted by Gasteiger charge is 2.05. The summed E-state index contributed by atoms with van der Waals surface area (Å²) >= 11 is 5.08. The van der Waals surface area contributed by atoms with Crippen molar-refractivity contribution in [1.82, 2.24) is 5.32 Å². The third-order valence-electron chi connectivity index (χ3n) is 2.45. The van der Waals surface area contributed by atoms with Crippen LogP contribution in [0.3, 0.4) is 0 Å². The molecule has 0 heterocycles. The second kappa shape index (κ2) is 6.52. The number of primary amides is 1. The number of nitrogens with zero attached hydrogens (tertiary/aromatic N) is 1. The molecule has 0 unspecified atom stereocenters. The first-order chi connectivity index (χ1) is 8.95. The van der Waals surface area contributed by atoms with Crippen LogP contribution >= 0.6 is 12.2 Å². The van der Waals surface area contributed by atoms with Gasteiger partial charge in [-0.15, -0.1) is 0 Å². The first kappa shape index (κ1) is 14.7. The maximum absolute atomic E-state index is 10.8. The van der Waals surface area contributed by atoms with Crippen molar-refractivity contribution >= 4 is 28.9 Å². The molecule has 0 aliphatic rings. The molecular weight excluding hydrogens is 260 g/mol. The average molecular weight is 274 g/mol. The topological polar surface area (TPSA) is 90.9 Å². The van der Waals surface area contributed by atoms with Gasteiger partial charge in [0.2, 0.25) is 0 Å². The molecule has 0 bridgehead atoms. The lowest BCUT2D eigenvalue weighted by atomic mass is 10.1. The summed E-state index contributed by atoms with van der Waals surface area (Å²) in [6.45, 7) is 3.91. The summed E-state index contributed by atoms with van der Waals surface area (Å²) in [5.74, 6) is -0.801. The Hall–Kier alpha value is -2.39. The van der Waals surface area contributed by atoms with Crippen LogP contribution in [0.2, 0.25) is 0 Å². The minimum Gasteiger partial charge on any atom is -0.365 e. The van der Waals surface area contributed by atoms with Gasteiger partial charge in [-0.1, -0.05) is 18.2 Å². The zero-order valence-electron chi connectivity index (χ0n) is 10.7. The molecule has 19 heavy (non-hydrogen) atoms. The summed E-state index contributed by atoms with van der Waals surface area (Å²) < 4.78 is 0. The van der Waals surface area contributed by atoms with Crippen molar-refractivity contribution in [3.63, 3.8) is 0 Å². The Bertz CT molecular complexity index is 567. The van der Waals surface area contributed by atoms with Crippen LogP contribution in [-0.4, -0.2) is 11.0 Å². The normalized spacial score (nSPS) is 10.5. The van der Waals surface area contributed by atoms with Crippen LogP contribution in [0.5, 0.6) is 0 Å². The molecule has 0 spiro atoms. The van der Waals surface area contributed by atoms with E-state index in [-0.39, 0.29) is 10.7 Å². The monoisotopic (exact) mass is 274 g/mol. The number of hydrogen-bond acceptors (Lipinski definition) is 3. The molecule has 0 atom stereocenters. The van der Waals surface area contributed by atoms with Gasteiger partial charge in [0.1, 0.15) is 11.6 Å². The van der Waals surface area contributed by atoms with Gasteiger partial charge in [0.15, 0.2) is 5.11 Å². The molecular formula is C13H14N4OS. The molecule has 0 aliphatic heterocycles. The van der Waals surface area contributed by atoms with Gasteiger partial charge in [-0.05, 0) is 37.2 Å². The number of amides is 1. The Morgan fingerprint density at radius 3 is 2.47 bits per heavy atom. The van der Waals surface area contributed by atoms with E-state index in [2.05, 4.69) is 10.6 Å². The van der Waals surface area contributed by atoms with E-state index >= 15 is 0 Å². The first-order valence-electron chi connectivity index (χ1n) is 5.49. The predicted octanol–water partition coefficient (Wildman–Crippen LogP) is 1.48. The molecule has 4 N–H and O–H groups in total. The van der Waals surface area contributed by atoms with E-state index in [0.29, 0.717) is 0 Å². The molecule has 0 fully saturated rings. The number of thiocarbonyl (C=S) groups is 1. The fourth-order valence-electron chi connectivity index (χ4n) is 1.46. The number of nitriles is 1. The number of aryl methyl sites for hydroxylation is 2. The molecule has 98 valence electrons. The molecule has 1 aromatic rings. The summed E-state index contributed by atoms with van der Waals surface area (Å²) in [5, 5.41) is 14.6. The third kappa shape index (κ3) is 4.08. The van der Waals surface area contributed by atoms with Crippen molar-refractivity contribution in [3.05, 3.63) is 41.1 Å². The smallest absolute Gasteiger partial charge is 0.260 e. The van der Waals surface area contributed by atoms with Crippen LogP contribution in [0.25, 0.3) is 0 Å². The second-order valence-electron chi connectivity index (χ2n) is 3.90. The molecule has 0 saturated carbocycles. The molecule has 0 saturated heterocycles. The Morgan fingerprint density at radius 2 is 2.00 bits per heavy atom. The van der Waals surface area contributed by atoms with Crippen LogP contribution in [0, 0.1) is 25.2 Å². The second-order valence-corrected chi connectivity index (χ2v) is 4.31. The molecule has 1 rings (SSSR count). The van der Waals surface area contributed by atoms with Gasteiger partial charge in [-0.2, -0.15) is 5.26 Å². The molecule has 1 amide bonds. The zero-order valence-corrected chi connectivity index (χ0v) is 11.5. The SMILES string of the molecule is Cc1cccc(C)c1NC(=S)N/C=C(\C#N)C(N)=O. The third-order valence-corrected chi connectivity index (χ3v) is 2.67. The molecule has 0 aromatic heterocycles. The number of benzene rings is 1. The highest BCUT2D eigenvalue weighted by atomic mass is 32.1. The minimum absolute atomic E-state index is 0.189. The van der Waals surface area contributed by atoms with Crippen molar-refractivity contribution < 1.29 is 4.79 Å². The quantitative estimate of drug-likeness (QED) is 0.441. The van der Waals surface area contributed by atoms with Crippen LogP contribution < -0.4 is 16.4 Å². The highest BCUT2D eigenvalue weighted by Crippen LogP contribution is 2.19. The maximum atomic E-state index is 10.8. The van der Waals surface area contributed by atoms with Gasteiger partial charge >= 0.3 is 0 Å². The van der Waals surface area contributed by atoms with Crippen molar-refractivity contribution in [2.75, 3.05) is 5.32 Å². The molecule has 6 heteroatoms. The lowest BCUT2D eigenvalue weighted by molar-refractivity contribution is -0.114. The number of nitrogens with two attached hydrogens (primary N) is 1. The molecule has 1 aromatic carbocycles. The van der Waals surface area contributed by atoms with Crippen molar-refractivity contribution in [3.8, 4) is 6.07 Å². The summed E-state index contributed by atoms with van der Waals surface area (Å²) in [5.41, 5.74) is 7.80. The van der Waals surface area contributed by atoms with Crippen molar-refractivity contribution in [1.29, 1.82) is 5.26 Å². The van der Waals surface area contributed by atoms with Gasteiger partial charge in [-0.3, -0.25) is 4.79 Å². The summed E-state index contributed by atoms with van der Waals surface area (Å²) in [4.78, 5) is 10.8. The van der Waals surface area contributed by atoms with E-state index in [0.717, 1.165) is 16.8 Å². The molecule has 0 radical (unpaired) electrons. The lowest BCUT2D eigenvalue weighted by Crippen LogP contribution is -2.26. The van der Waals surface area contributed by atoms with E-state index in [1.807, 2.05) is 32.0 Å². The van der Waals surface area contributed by atoms with Crippen molar-refractivity contribution in [2.24, 2.45) is 5.73 Å². The predicted molar refractivity (Wildman–Crippen MR) is 78.2 cm³/mol. The van der Waals surface area contributed by atoms with E-state index in [9.17, 15) is 4.79 Å². The largest absolute Gasteiger partial charge is 0.365 e. The highest BCUT2D eigenvalue weighted by molar-refractivity contribution is 7.80. The number of hydrogen-bond donors (Lipinski definition) is 3. The van der Waals surface area contributed by atoms with E-state index < -0.39 is 5.91 Å². The zero-order chi connectivity index (χ0) is 14.4. The van der Waals surface area contributed by atoms with E-state index in [1.165, 1.54) is 6.20 Å². The molecule has 5 nitrogen and oxygen atoms in total.